The van der Waals surface area contributed by atoms with Crippen molar-refractivity contribution in [2.75, 3.05) is 5.32 Å². The van der Waals surface area contributed by atoms with Crippen LogP contribution in [-0.2, 0) is 4.79 Å². The molecule has 3 aromatic carbocycles. The Morgan fingerprint density at radius 3 is 2.64 bits per heavy atom. The predicted octanol–water partition coefficient (Wildman–Crippen LogP) is 5.94. The number of benzene rings is 3. The van der Waals surface area contributed by atoms with Gasteiger partial charge in [0.1, 0.15) is 11.3 Å². The van der Waals surface area contributed by atoms with Crippen LogP contribution in [0.3, 0.4) is 0 Å². The Morgan fingerprint density at radius 1 is 1.07 bits per heavy atom. The van der Waals surface area contributed by atoms with Gasteiger partial charge in [-0.2, -0.15) is 0 Å². The quantitative estimate of drug-likeness (QED) is 0.437. The number of nitrogens with one attached hydrogen (secondary N) is 1. The number of hydrogen-bond acceptors (Lipinski definition) is 3. The zero-order chi connectivity index (χ0) is 19.5. The smallest absolute Gasteiger partial charge is 0.248 e. The third kappa shape index (κ3) is 3.94. The first-order valence-electron chi connectivity index (χ1n) is 8.48. The van der Waals surface area contributed by atoms with Gasteiger partial charge in [0, 0.05) is 22.9 Å². The topological polar surface area (TPSA) is 55.1 Å². The van der Waals surface area contributed by atoms with Crippen LogP contribution in [0.15, 0.2) is 77.2 Å². The number of anilines is 1. The van der Waals surface area contributed by atoms with Crippen LogP contribution >= 0.6 is 11.6 Å². The summed E-state index contributed by atoms with van der Waals surface area (Å²) < 4.78 is 19.6. The summed E-state index contributed by atoms with van der Waals surface area (Å²) in [4.78, 5) is 16.4. The van der Waals surface area contributed by atoms with E-state index in [4.69, 9.17) is 16.0 Å². The summed E-state index contributed by atoms with van der Waals surface area (Å²) in [5.74, 6) is -0.503. The van der Waals surface area contributed by atoms with Gasteiger partial charge in [0.05, 0.1) is 5.56 Å². The van der Waals surface area contributed by atoms with E-state index in [1.54, 1.807) is 54.6 Å². The van der Waals surface area contributed by atoms with E-state index in [0.29, 0.717) is 21.8 Å². The minimum Gasteiger partial charge on any atom is -0.436 e. The van der Waals surface area contributed by atoms with Gasteiger partial charge >= 0.3 is 0 Å². The maximum Gasteiger partial charge on any atom is 0.248 e. The third-order valence-corrected chi connectivity index (χ3v) is 4.31. The van der Waals surface area contributed by atoms with Gasteiger partial charge in [0.2, 0.25) is 11.8 Å². The molecule has 138 valence electrons. The molecule has 1 amide bonds. The normalized spacial score (nSPS) is 11.2. The monoisotopic (exact) mass is 392 g/mol. The molecule has 1 heterocycles. The Labute approximate surface area is 165 Å². The molecule has 0 aliphatic carbocycles. The van der Waals surface area contributed by atoms with Crippen molar-refractivity contribution in [1.29, 1.82) is 0 Å². The molecule has 6 heteroatoms. The summed E-state index contributed by atoms with van der Waals surface area (Å²) in [7, 11) is 0. The number of rotatable bonds is 4. The molecule has 0 radical (unpaired) electrons. The van der Waals surface area contributed by atoms with Crippen molar-refractivity contribution in [3.8, 4) is 11.5 Å². The van der Waals surface area contributed by atoms with Gasteiger partial charge in [-0.1, -0.05) is 35.9 Å². The average molecular weight is 393 g/mol. The molecular weight excluding hydrogens is 379 g/mol. The highest BCUT2D eigenvalue weighted by Crippen LogP contribution is 2.27. The van der Waals surface area contributed by atoms with Gasteiger partial charge in [-0.05, 0) is 48.0 Å². The number of halogens is 2. The van der Waals surface area contributed by atoms with Gasteiger partial charge in [-0.25, -0.2) is 9.37 Å². The molecule has 0 atom stereocenters. The van der Waals surface area contributed by atoms with Crippen LogP contribution in [0.4, 0.5) is 10.1 Å². The Hall–Kier alpha value is -3.44. The van der Waals surface area contributed by atoms with Crippen LogP contribution in [-0.4, -0.2) is 10.9 Å². The Kier molecular flexibility index (Phi) is 4.91. The minimum atomic E-state index is -0.407. The molecule has 0 fully saturated rings. The van der Waals surface area contributed by atoms with Crippen molar-refractivity contribution in [3.05, 3.63) is 89.2 Å². The molecule has 0 saturated heterocycles. The van der Waals surface area contributed by atoms with Gasteiger partial charge in [-0.15, -0.1) is 0 Å². The lowest BCUT2D eigenvalue weighted by atomic mass is 10.2. The van der Waals surface area contributed by atoms with Crippen molar-refractivity contribution in [2.45, 2.75) is 0 Å². The van der Waals surface area contributed by atoms with Crippen molar-refractivity contribution in [1.82, 2.24) is 4.98 Å². The molecule has 0 spiro atoms. The van der Waals surface area contributed by atoms with Crippen molar-refractivity contribution < 1.29 is 13.6 Å². The lowest BCUT2D eigenvalue weighted by Gasteiger charge is -2.01. The van der Waals surface area contributed by atoms with E-state index in [1.807, 2.05) is 12.1 Å². The second kappa shape index (κ2) is 7.66. The number of carbonyl (C=O) groups excluding carboxylic acids is 1. The summed E-state index contributed by atoms with van der Waals surface area (Å²) in [5.41, 5.74) is 2.73. The standard InChI is InChI=1S/C22H14ClFN2O2/c23-15-8-5-14(6-9-15)7-12-21(27)25-16-10-11-19-20(13-16)28-22(26-19)17-3-1-2-4-18(17)24/h1-13H,(H,25,27)/b12-7+. The fourth-order valence-corrected chi connectivity index (χ4v) is 2.81. The molecule has 1 N–H and O–H groups in total. The van der Waals surface area contributed by atoms with Gasteiger partial charge < -0.3 is 9.73 Å². The van der Waals surface area contributed by atoms with E-state index in [1.165, 1.54) is 12.1 Å². The number of oxazole rings is 1. The lowest BCUT2D eigenvalue weighted by Crippen LogP contribution is -2.07. The van der Waals surface area contributed by atoms with E-state index in [0.717, 1.165) is 5.56 Å². The molecule has 0 bridgehead atoms. The van der Waals surface area contributed by atoms with Crippen LogP contribution in [0.2, 0.25) is 5.02 Å². The van der Waals surface area contributed by atoms with Crippen molar-refractivity contribution in [3.63, 3.8) is 0 Å². The fraction of sp³-hybridized carbons (Fsp3) is 0. The molecule has 4 rings (SSSR count). The molecular formula is C22H14ClFN2O2. The lowest BCUT2D eigenvalue weighted by molar-refractivity contribution is -0.111. The number of amides is 1. The second-order valence-electron chi connectivity index (χ2n) is 6.06. The highest BCUT2D eigenvalue weighted by atomic mass is 35.5. The molecule has 4 nitrogen and oxygen atoms in total. The van der Waals surface area contributed by atoms with Gasteiger partial charge in [-0.3, -0.25) is 4.79 Å². The van der Waals surface area contributed by atoms with Crippen LogP contribution < -0.4 is 5.32 Å². The van der Waals surface area contributed by atoms with E-state index in [2.05, 4.69) is 10.3 Å². The molecule has 0 unspecified atom stereocenters. The third-order valence-electron chi connectivity index (χ3n) is 4.06. The summed E-state index contributed by atoms with van der Waals surface area (Å²) in [5, 5.41) is 3.40. The van der Waals surface area contributed by atoms with E-state index in [9.17, 15) is 9.18 Å². The first-order valence-corrected chi connectivity index (χ1v) is 8.86. The van der Waals surface area contributed by atoms with Crippen LogP contribution in [0.25, 0.3) is 28.6 Å². The van der Waals surface area contributed by atoms with Crippen molar-refractivity contribution in [2.24, 2.45) is 0 Å². The molecule has 1 aromatic heterocycles. The minimum absolute atomic E-state index is 0.194. The largest absolute Gasteiger partial charge is 0.436 e. The summed E-state index contributed by atoms with van der Waals surface area (Å²) in [6, 6.07) is 18.5. The highest BCUT2D eigenvalue weighted by molar-refractivity contribution is 6.30. The number of nitrogens with zero attached hydrogens (tertiary/aromatic N) is 1. The second-order valence-corrected chi connectivity index (χ2v) is 6.49. The Morgan fingerprint density at radius 2 is 1.86 bits per heavy atom. The first kappa shape index (κ1) is 17.9. The summed E-state index contributed by atoms with van der Waals surface area (Å²) in [6.07, 6.45) is 3.12. The number of hydrogen-bond donors (Lipinski definition) is 1. The van der Waals surface area contributed by atoms with E-state index < -0.39 is 5.82 Å². The maximum absolute atomic E-state index is 13.9. The van der Waals surface area contributed by atoms with Crippen LogP contribution in [0.1, 0.15) is 5.56 Å². The Balaban J connectivity index is 1.52. The Bertz CT molecular complexity index is 1180. The molecule has 0 aliphatic rings. The highest BCUT2D eigenvalue weighted by Gasteiger charge is 2.12. The SMILES string of the molecule is O=C(/C=C/c1ccc(Cl)cc1)Nc1ccc2nc(-c3ccccc3F)oc2c1. The average Bonchev–Trinajstić information content (AvgIpc) is 3.11. The van der Waals surface area contributed by atoms with E-state index >= 15 is 0 Å². The van der Waals surface area contributed by atoms with Crippen LogP contribution in [0, 0.1) is 5.82 Å². The van der Waals surface area contributed by atoms with Crippen molar-refractivity contribution >= 4 is 40.4 Å². The molecule has 0 aliphatic heterocycles. The predicted molar refractivity (Wildman–Crippen MR) is 109 cm³/mol. The summed E-state index contributed by atoms with van der Waals surface area (Å²) in [6.45, 7) is 0. The fourth-order valence-electron chi connectivity index (χ4n) is 2.68. The maximum atomic E-state index is 13.9. The number of fused-ring (bicyclic) bond motifs is 1. The molecule has 0 saturated carbocycles. The zero-order valence-corrected chi connectivity index (χ0v) is 15.3. The van der Waals surface area contributed by atoms with Crippen LogP contribution in [0.5, 0.6) is 0 Å². The molecule has 28 heavy (non-hydrogen) atoms. The van der Waals surface area contributed by atoms with Gasteiger partial charge in [0.25, 0.3) is 0 Å². The first-order chi connectivity index (χ1) is 13.6. The summed E-state index contributed by atoms with van der Waals surface area (Å²) >= 11 is 5.84. The number of carbonyl (C=O) groups is 1. The molecule has 4 aromatic rings. The zero-order valence-electron chi connectivity index (χ0n) is 14.5. The van der Waals surface area contributed by atoms with E-state index in [-0.39, 0.29) is 17.4 Å². The van der Waals surface area contributed by atoms with Gasteiger partial charge in [0.15, 0.2) is 5.58 Å². The number of aromatic nitrogens is 1.